The summed E-state index contributed by atoms with van der Waals surface area (Å²) in [6.07, 6.45) is -3.14. The van der Waals surface area contributed by atoms with E-state index >= 15 is 0 Å². The lowest BCUT2D eigenvalue weighted by atomic mass is 10.2. The van der Waals surface area contributed by atoms with Crippen molar-refractivity contribution in [2.24, 2.45) is 0 Å². The van der Waals surface area contributed by atoms with Crippen molar-refractivity contribution < 1.29 is 22.8 Å². The van der Waals surface area contributed by atoms with Crippen LogP contribution < -0.4 is 10.6 Å². The zero-order chi connectivity index (χ0) is 16.9. The third-order valence-corrected chi connectivity index (χ3v) is 3.54. The molecule has 0 aromatic heterocycles. The lowest BCUT2D eigenvalue weighted by molar-refractivity contribution is -0.139. The first-order valence-corrected chi connectivity index (χ1v) is 7.28. The van der Waals surface area contributed by atoms with E-state index in [0.29, 0.717) is 18.7 Å². The van der Waals surface area contributed by atoms with Crippen LogP contribution in [-0.2, 0) is 9.59 Å². The summed E-state index contributed by atoms with van der Waals surface area (Å²) in [7, 11) is 0. The second-order valence-electron chi connectivity index (χ2n) is 5.38. The van der Waals surface area contributed by atoms with Crippen LogP contribution in [0.15, 0.2) is 30.3 Å². The van der Waals surface area contributed by atoms with Crippen molar-refractivity contribution >= 4 is 17.5 Å². The van der Waals surface area contributed by atoms with Crippen LogP contribution in [0.2, 0.25) is 0 Å². The van der Waals surface area contributed by atoms with E-state index in [1.54, 1.807) is 29.2 Å². The molecule has 2 amide bonds. The standard InChI is InChI=1S/C15H18F3N3O2/c16-15(17,18)10-19-13(22)9-21-8-4-7-12(21)14(23)20-11-5-2-1-3-6-11/h1-3,5-6,12H,4,7-10H2,(H,19,22)(H,20,23)/t12-/m0/s1. The van der Waals surface area contributed by atoms with Crippen molar-refractivity contribution in [3.63, 3.8) is 0 Å². The maximum atomic E-state index is 12.3. The van der Waals surface area contributed by atoms with Gasteiger partial charge in [-0.25, -0.2) is 0 Å². The van der Waals surface area contributed by atoms with Crippen molar-refractivity contribution in [3.05, 3.63) is 30.3 Å². The van der Waals surface area contributed by atoms with Crippen LogP contribution in [-0.4, -0.2) is 48.6 Å². The fourth-order valence-corrected chi connectivity index (χ4v) is 2.50. The second-order valence-corrected chi connectivity index (χ2v) is 5.38. The Morgan fingerprint density at radius 3 is 2.57 bits per heavy atom. The normalized spacial score (nSPS) is 18.7. The highest BCUT2D eigenvalue weighted by atomic mass is 19.4. The van der Waals surface area contributed by atoms with E-state index in [2.05, 4.69) is 5.32 Å². The molecule has 0 bridgehead atoms. The summed E-state index contributed by atoms with van der Waals surface area (Å²) >= 11 is 0. The Morgan fingerprint density at radius 2 is 1.91 bits per heavy atom. The summed E-state index contributed by atoms with van der Waals surface area (Å²) in [6.45, 7) is -1.07. The number of carbonyl (C=O) groups is 2. The average Bonchev–Trinajstić information content (AvgIpc) is 2.94. The smallest absolute Gasteiger partial charge is 0.346 e. The van der Waals surface area contributed by atoms with Gasteiger partial charge in [0.05, 0.1) is 12.6 Å². The molecule has 23 heavy (non-hydrogen) atoms. The minimum atomic E-state index is -4.44. The van der Waals surface area contributed by atoms with Gasteiger partial charge in [0.15, 0.2) is 0 Å². The summed E-state index contributed by atoms with van der Waals surface area (Å²) in [5.74, 6) is -0.987. The van der Waals surface area contributed by atoms with Gasteiger partial charge in [0.25, 0.3) is 0 Å². The molecule has 0 aliphatic carbocycles. The van der Waals surface area contributed by atoms with E-state index in [9.17, 15) is 22.8 Å². The molecule has 1 aliphatic heterocycles. The van der Waals surface area contributed by atoms with Crippen LogP contribution >= 0.6 is 0 Å². The van der Waals surface area contributed by atoms with Gasteiger partial charge in [-0.15, -0.1) is 0 Å². The first kappa shape index (κ1) is 17.3. The topological polar surface area (TPSA) is 61.4 Å². The minimum Gasteiger partial charge on any atom is -0.346 e. The van der Waals surface area contributed by atoms with E-state index in [1.165, 1.54) is 0 Å². The SMILES string of the molecule is O=C(CN1CCC[C@H]1C(=O)Nc1ccccc1)NCC(F)(F)F. The molecule has 126 valence electrons. The number of hydrogen-bond donors (Lipinski definition) is 2. The fourth-order valence-electron chi connectivity index (χ4n) is 2.50. The van der Waals surface area contributed by atoms with Gasteiger partial charge in [-0.1, -0.05) is 18.2 Å². The second kappa shape index (κ2) is 7.45. The molecule has 1 fully saturated rings. The summed E-state index contributed by atoms with van der Waals surface area (Å²) < 4.78 is 36.3. The highest BCUT2D eigenvalue weighted by molar-refractivity contribution is 5.95. The number of benzene rings is 1. The van der Waals surface area contributed by atoms with Crippen molar-refractivity contribution in [1.82, 2.24) is 10.2 Å². The van der Waals surface area contributed by atoms with Crippen molar-refractivity contribution in [2.75, 3.05) is 25.0 Å². The van der Waals surface area contributed by atoms with Crippen molar-refractivity contribution in [3.8, 4) is 0 Å². The number of hydrogen-bond acceptors (Lipinski definition) is 3. The number of para-hydroxylation sites is 1. The van der Waals surface area contributed by atoms with E-state index in [-0.39, 0.29) is 12.5 Å². The van der Waals surface area contributed by atoms with Gasteiger partial charge in [0.2, 0.25) is 11.8 Å². The number of nitrogens with zero attached hydrogens (tertiary/aromatic N) is 1. The number of rotatable bonds is 5. The van der Waals surface area contributed by atoms with Crippen LogP contribution in [0.25, 0.3) is 0 Å². The third kappa shape index (κ3) is 5.55. The molecular weight excluding hydrogens is 311 g/mol. The highest BCUT2D eigenvalue weighted by Crippen LogP contribution is 2.19. The minimum absolute atomic E-state index is 0.219. The monoisotopic (exact) mass is 329 g/mol. The Balaban J connectivity index is 1.87. The number of anilines is 1. The molecule has 0 spiro atoms. The van der Waals surface area contributed by atoms with Crippen LogP contribution in [0, 0.1) is 0 Å². The number of amides is 2. The number of nitrogens with one attached hydrogen (secondary N) is 2. The Morgan fingerprint density at radius 1 is 1.22 bits per heavy atom. The lowest BCUT2D eigenvalue weighted by Crippen LogP contribution is -2.46. The number of alkyl halides is 3. The number of carbonyl (C=O) groups excluding carboxylic acids is 2. The maximum absolute atomic E-state index is 12.3. The quantitative estimate of drug-likeness (QED) is 0.865. The van der Waals surface area contributed by atoms with Gasteiger partial charge in [-0.2, -0.15) is 13.2 Å². The number of likely N-dealkylation sites (tertiary alicyclic amines) is 1. The first-order valence-electron chi connectivity index (χ1n) is 7.28. The van der Waals surface area contributed by atoms with Crippen molar-refractivity contribution in [2.45, 2.75) is 25.1 Å². The van der Waals surface area contributed by atoms with Gasteiger partial charge in [-0.3, -0.25) is 14.5 Å². The fraction of sp³-hybridized carbons (Fsp3) is 0.467. The highest BCUT2D eigenvalue weighted by Gasteiger charge is 2.33. The van der Waals surface area contributed by atoms with Gasteiger partial charge in [0.1, 0.15) is 6.54 Å². The molecule has 0 radical (unpaired) electrons. The summed E-state index contributed by atoms with van der Waals surface area (Å²) in [5, 5.41) is 4.57. The van der Waals surface area contributed by atoms with Gasteiger partial charge in [-0.05, 0) is 31.5 Å². The van der Waals surface area contributed by atoms with Crippen LogP contribution in [0.3, 0.4) is 0 Å². The Kier molecular flexibility index (Phi) is 5.59. The summed E-state index contributed by atoms with van der Waals surface area (Å²) in [5.41, 5.74) is 0.644. The predicted molar refractivity (Wildman–Crippen MR) is 78.7 cm³/mol. The molecule has 2 rings (SSSR count). The van der Waals surface area contributed by atoms with Crippen LogP contribution in [0.5, 0.6) is 0 Å². The van der Waals surface area contributed by atoms with Crippen LogP contribution in [0.4, 0.5) is 18.9 Å². The van der Waals surface area contributed by atoms with Gasteiger partial charge in [0, 0.05) is 5.69 Å². The van der Waals surface area contributed by atoms with E-state index < -0.39 is 24.7 Å². The Labute approximate surface area is 131 Å². The molecule has 1 atom stereocenters. The third-order valence-electron chi connectivity index (χ3n) is 3.54. The molecule has 8 heteroatoms. The lowest BCUT2D eigenvalue weighted by Gasteiger charge is -2.23. The molecular formula is C15H18F3N3O2. The molecule has 1 aliphatic rings. The molecule has 1 heterocycles. The molecule has 1 aromatic carbocycles. The molecule has 2 N–H and O–H groups in total. The van der Waals surface area contributed by atoms with E-state index in [0.717, 1.165) is 6.42 Å². The Hall–Kier alpha value is -2.09. The zero-order valence-electron chi connectivity index (χ0n) is 12.4. The Bertz CT molecular complexity index is 549. The van der Waals surface area contributed by atoms with Gasteiger partial charge >= 0.3 is 6.18 Å². The van der Waals surface area contributed by atoms with E-state index in [4.69, 9.17) is 0 Å². The van der Waals surface area contributed by atoms with Gasteiger partial charge < -0.3 is 10.6 Å². The molecule has 0 unspecified atom stereocenters. The summed E-state index contributed by atoms with van der Waals surface area (Å²) in [4.78, 5) is 25.4. The molecule has 5 nitrogen and oxygen atoms in total. The average molecular weight is 329 g/mol. The largest absolute Gasteiger partial charge is 0.405 e. The van der Waals surface area contributed by atoms with Crippen LogP contribution in [0.1, 0.15) is 12.8 Å². The molecule has 1 aromatic rings. The first-order chi connectivity index (χ1) is 10.8. The van der Waals surface area contributed by atoms with E-state index in [1.807, 2.05) is 11.4 Å². The molecule has 1 saturated heterocycles. The summed E-state index contributed by atoms with van der Waals surface area (Å²) in [6, 6.07) is 8.37. The zero-order valence-corrected chi connectivity index (χ0v) is 12.4. The number of halogens is 3. The molecule has 0 saturated carbocycles. The van der Waals surface area contributed by atoms with Crippen molar-refractivity contribution in [1.29, 1.82) is 0 Å². The maximum Gasteiger partial charge on any atom is 0.405 e. The predicted octanol–water partition coefficient (Wildman–Crippen LogP) is 1.77.